The molecule has 1 aliphatic heterocycles. The van der Waals surface area contributed by atoms with Crippen molar-refractivity contribution in [1.29, 1.82) is 0 Å². The summed E-state index contributed by atoms with van der Waals surface area (Å²) in [6.07, 6.45) is 1.72. The fourth-order valence-corrected chi connectivity index (χ4v) is 4.76. The zero-order chi connectivity index (χ0) is 22.6. The molecule has 1 aliphatic rings. The van der Waals surface area contributed by atoms with Crippen molar-refractivity contribution in [3.05, 3.63) is 119 Å². The van der Waals surface area contributed by atoms with E-state index in [1.807, 2.05) is 45.9 Å². The molecule has 2 heterocycles. The third-order valence-corrected chi connectivity index (χ3v) is 6.45. The number of fused-ring (bicyclic) bond motifs is 1. The molecule has 0 bridgehead atoms. The molecule has 0 unspecified atom stereocenters. The summed E-state index contributed by atoms with van der Waals surface area (Å²) in [5, 5.41) is 0.645. The van der Waals surface area contributed by atoms with Gasteiger partial charge in [-0.1, -0.05) is 72.8 Å². The van der Waals surface area contributed by atoms with E-state index in [1.165, 1.54) is 17.2 Å². The molecule has 0 spiro atoms. The summed E-state index contributed by atoms with van der Waals surface area (Å²) in [6.45, 7) is 3.23. The van der Waals surface area contributed by atoms with E-state index in [0.717, 1.165) is 18.6 Å². The van der Waals surface area contributed by atoms with Crippen molar-refractivity contribution in [2.75, 3.05) is 26.2 Å². The molecule has 5 nitrogen and oxygen atoms in total. The molecule has 1 amide bonds. The SMILES string of the molecule is O=C(Cn1ccc(=O)c2ccccc21)N1CCN(C(c2ccccc2)c2ccccc2)CC1. The molecule has 0 atom stereocenters. The standard InChI is InChI=1S/C28H27N3O2/c32-26-15-16-31(25-14-8-7-13-24(25)26)21-27(33)29-17-19-30(20-18-29)28(22-9-3-1-4-10-22)23-11-5-2-6-12-23/h1-16,28H,17-21H2. The summed E-state index contributed by atoms with van der Waals surface area (Å²) < 4.78 is 1.88. The van der Waals surface area contributed by atoms with Crippen LogP contribution in [0.1, 0.15) is 17.2 Å². The number of carbonyl (C=O) groups excluding carboxylic acids is 1. The number of hydrogen-bond donors (Lipinski definition) is 0. The fraction of sp³-hybridized carbons (Fsp3) is 0.214. The second-order valence-corrected chi connectivity index (χ2v) is 8.47. The third kappa shape index (κ3) is 4.45. The van der Waals surface area contributed by atoms with Gasteiger partial charge in [0.15, 0.2) is 5.43 Å². The minimum Gasteiger partial charge on any atom is -0.339 e. The monoisotopic (exact) mass is 437 g/mol. The van der Waals surface area contributed by atoms with Gasteiger partial charge in [0.25, 0.3) is 0 Å². The number of piperazine rings is 1. The lowest BCUT2D eigenvalue weighted by molar-refractivity contribution is -0.133. The molecule has 0 saturated carbocycles. The second-order valence-electron chi connectivity index (χ2n) is 8.47. The van der Waals surface area contributed by atoms with Crippen LogP contribution in [-0.2, 0) is 11.3 Å². The lowest BCUT2D eigenvalue weighted by Gasteiger charge is -2.40. The molecule has 3 aromatic carbocycles. The molecule has 1 fully saturated rings. The Morgan fingerprint density at radius 1 is 0.727 bits per heavy atom. The minimum absolute atomic E-state index is 0.0178. The van der Waals surface area contributed by atoms with E-state index in [4.69, 9.17) is 0 Å². The number of hydrogen-bond acceptors (Lipinski definition) is 3. The van der Waals surface area contributed by atoms with Gasteiger partial charge in [-0.3, -0.25) is 14.5 Å². The van der Waals surface area contributed by atoms with Crippen LogP contribution in [0.4, 0.5) is 0 Å². The number of pyridine rings is 1. The molecule has 0 N–H and O–H groups in total. The predicted octanol–water partition coefficient (Wildman–Crippen LogP) is 3.94. The number of para-hydroxylation sites is 1. The Morgan fingerprint density at radius 2 is 1.30 bits per heavy atom. The van der Waals surface area contributed by atoms with Crippen LogP contribution in [0.5, 0.6) is 0 Å². The molecule has 0 aliphatic carbocycles. The smallest absolute Gasteiger partial charge is 0.242 e. The average Bonchev–Trinajstić information content (AvgIpc) is 2.88. The Morgan fingerprint density at radius 3 is 1.94 bits per heavy atom. The van der Waals surface area contributed by atoms with Gasteiger partial charge >= 0.3 is 0 Å². The third-order valence-electron chi connectivity index (χ3n) is 6.45. The summed E-state index contributed by atoms with van der Waals surface area (Å²) in [7, 11) is 0. The highest BCUT2D eigenvalue weighted by Crippen LogP contribution is 2.29. The van der Waals surface area contributed by atoms with Gasteiger partial charge in [0.1, 0.15) is 6.54 Å². The van der Waals surface area contributed by atoms with Crippen LogP contribution in [0.3, 0.4) is 0 Å². The first kappa shape index (κ1) is 21.2. The van der Waals surface area contributed by atoms with Gasteiger partial charge in [-0.05, 0) is 23.3 Å². The molecule has 5 heteroatoms. The summed E-state index contributed by atoms with van der Waals surface area (Å²) in [6, 6.07) is 30.3. The van der Waals surface area contributed by atoms with Crippen molar-refractivity contribution in [1.82, 2.24) is 14.4 Å². The van der Waals surface area contributed by atoms with E-state index in [1.54, 1.807) is 6.20 Å². The van der Waals surface area contributed by atoms with Crippen LogP contribution in [-0.4, -0.2) is 46.5 Å². The predicted molar refractivity (Wildman–Crippen MR) is 131 cm³/mol. The van der Waals surface area contributed by atoms with E-state index >= 15 is 0 Å². The van der Waals surface area contributed by atoms with Gasteiger partial charge in [-0.2, -0.15) is 0 Å². The highest BCUT2D eigenvalue weighted by Gasteiger charge is 2.28. The molecule has 0 radical (unpaired) electrons. The fourth-order valence-electron chi connectivity index (χ4n) is 4.76. The van der Waals surface area contributed by atoms with Crippen molar-refractivity contribution in [3.8, 4) is 0 Å². The first-order valence-corrected chi connectivity index (χ1v) is 11.4. The Balaban J connectivity index is 1.31. The van der Waals surface area contributed by atoms with Gasteiger partial charge in [0.2, 0.25) is 5.91 Å². The van der Waals surface area contributed by atoms with Gasteiger partial charge < -0.3 is 9.47 Å². The van der Waals surface area contributed by atoms with Crippen LogP contribution < -0.4 is 5.43 Å². The Labute approximate surface area is 193 Å². The van der Waals surface area contributed by atoms with Gasteiger partial charge in [0, 0.05) is 43.8 Å². The topological polar surface area (TPSA) is 45.6 Å². The van der Waals surface area contributed by atoms with E-state index in [2.05, 4.69) is 53.4 Å². The minimum atomic E-state index is -0.0178. The van der Waals surface area contributed by atoms with E-state index in [9.17, 15) is 9.59 Å². The molecule has 166 valence electrons. The zero-order valence-corrected chi connectivity index (χ0v) is 18.5. The van der Waals surface area contributed by atoms with E-state index < -0.39 is 0 Å². The van der Waals surface area contributed by atoms with Crippen molar-refractivity contribution in [3.63, 3.8) is 0 Å². The number of nitrogens with zero attached hydrogens (tertiary/aromatic N) is 3. The lowest BCUT2D eigenvalue weighted by atomic mass is 9.96. The Bertz CT molecular complexity index is 1250. The normalized spacial score (nSPS) is 14.6. The summed E-state index contributed by atoms with van der Waals surface area (Å²) in [4.78, 5) is 29.7. The maximum Gasteiger partial charge on any atom is 0.242 e. The zero-order valence-electron chi connectivity index (χ0n) is 18.5. The average molecular weight is 438 g/mol. The van der Waals surface area contributed by atoms with Crippen LogP contribution in [0.15, 0.2) is 102 Å². The second kappa shape index (κ2) is 9.43. The number of carbonyl (C=O) groups is 1. The van der Waals surface area contributed by atoms with Crippen LogP contribution >= 0.6 is 0 Å². The van der Waals surface area contributed by atoms with E-state index in [0.29, 0.717) is 18.5 Å². The Kier molecular flexibility index (Phi) is 6.05. The van der Waals surface area contributed by atoms with Crippen molar-refractivity contribution < 1.29 is 4.79 Å². The first-order chi connectivity index (χ1) is 16.2. The molecular formula is C28H27N3O2. The van der Waals surface area contributed by atoms with Gasteiger partial charge in [-0.15, -0.1) is 0 Å². The highest BCUT2D eigenvalue weighted by molar-refractivity contribution is 5.82. The number of aromatic nitrogens is 1. The number of rotatable bonds is 5. The van der Waals surface area contributed by atoms with Crippen LogP contribution in [0.2, 0.25) is 0 Å². The number of benzene rings is 3. The largest absolute Gasteiger partial charge is 0.339 e. The molecule has 33 heavy (non-hydrogen) atoms. The molecule has 1 saturated heterocycles. The van der Waals surface area contributed by atoms with Crippen LogP contribution in [0.25, 0.3) is 10.9 Å². The highest BCUT2D eigenvalue weighted by atomic mass is 16.2. The maximum absolute atomic E-state index is 13.1. The summed E-state index contributed by atoms with van der Waals surface area (Å²) in [5.41, 5.74) is 3.31. The molecule has 4 aromatic rings. The van der Waals surface area contributed by atoms with Crippen molar-refractivity contribution >= 4 is 16.8 Å². The molecule has 1 aromatic heterocycles. The summed E-state index contributed by atoms with van der Waals surface area (Å²) >= 11 is 0. The van der Waals surface area contributed by atoms with Crippen LogP contribution in [0, 0.1) is 0 Å². The van der Waals surface area contributed by atoms with Crippen molar-refractivity contribution in [2.45, 2.75) is 12.6 Å². The molecular weight excluding hydrogens is 410 g/mol. The lowest BCUT2D eigenvalue weighted by Crippen LogP contribution is -2.50. The summed E-state index contributed by atoms with van der Waals surface area (Å²) in [5.74, 6) is 0.0828. The maximum atomic E-state index is 13.1. The Hall–Kier alpha value is -3.70. The van der Waals surface area contributed by atoms with E-state index in [-0.39, 0.29) is 23.9 Å². The van der Waals surface area contributed by atoms with Gasteiger partial charge in [0.05, 0.1) is 11.6 Å². The molecule has 5 rings (SSSR count). The number of amides is 1. The van der Waals surface area contributed by atoms with Gasteiger partial charge in [-0.25, -0.2) is 0 Å². The van der Waals surface area contributed by atoms with Crippen molar-refractivity contribution in [2.24, 2.45) is 0 Å². The quantitative estimate of drug-likeness (QED) is 0.475. The first-order valence-electron chi connectivity index (χ1n) is 11.4.